The van der Waals surface area contributed by atoms with Crippen molar-refractivity contribution >= 4 is 21.8 Å². The van der Waals surface area contributed by atoms with E-state index < -0.39 is 26.9 Å². The summed E-state index contributed by atoms with van der Waals surface area (Å²) in [4.78, 5) is 3.13. The van der Waals surface area contributed by atoms with Crippen LogP contribution in [0.2, 0.25) is 0 Å². The highest BCUT2D eigenvalue weighted by Gasteiger charge is 2.54. The molecule has 1 saturated carbocycles. The fourth-order valence-corrected chi connectivity index (χ4v) is 7.65. The fourth-order valence-electron chi connectivity index (χ4n) is 6.52. The van der Waals surface area contributed by atoms with E-state index in [0.717, 1.165) is 22.5 Å². The number of fused-ring (bicyclic) bond motifs is 2. The minimum Gasteiger partial charge on any atom is -0.389 e. The number of nitrogens with zero attached hydrogens (tertiary/aromatic N) is 3. The molecule has 0 radical (unpaired) electrons. The lowest BCUT2D eigenvalue weighted by atomic mass is 9.65. The second-order valence-electron chi connectivity index (χ2n) is 11.4. The van der Waals surface area contributed by atoms with Crippen molar-refractivity contribution in [2.45, 2.75) is 56.1 Å². The first-order valence-corrected chi connectivity index (χ1v) is 15.5. The predicted octanol–water partition coefficient (Wildman–Crippen LogP) is 6.28. The second kappa shape index (κ2) is 10.8. The molecule has 0 saturated heterocycles. The van der Waals surface area contributed by atoms with Gasteiger partial charge in [-0.3, -0.25) is 0 Å². The highest BCUT2D eigenvalue weighted by Crippen LogP contribution is 2.57. The lowest BCUT2D eigenvalue weighted by Crippen LogP contribution is -2.45. The maximum absolute atomic E-state index is 15.1. The van der Waals surface area contributed by atoms with Crippen molar-refractivity contribution < 1.29 is 22.3 Å². The Morgan fingerprint density at radius 2 is 1.86 bits per heavy atom. The van der Waals surface area contributed by atoms with E-state index in [0.29, 0.717) is 37.7 Å². The van der Waals surface area contributed by atoms with E-state index in [9.17, 15) is 17.9 Å². The number of rotatable bonds is 8. The van der Waals surface area contributed by atoms with Gasteiger partial charge in [-0.05, 0) is 79.6 Å². The van der Waals surface area contributed by atoms with Gasteiger partial charge in [0.25, 0.3) is 0 Å². The SMILES string of the molecule is [C-]#[N+]c1ccccc1S(=O)(=O)NCc1c(F)cccc1CC[C@]1(O)CCC2=Cc3c(cnn3-c3ccc(F)cc3)C[C@@]21C. The first kappa shape index (κ1) is 28.9. The Morgan fingerprint density at radius 1 is 1.09 bits per heavy atom. The first-order chi connectivity index (χ1) is 20.5. The number of benzene rings is 3. The summed E-state index contributed by atoms with van der Waals surface area (Å²) in [5, 5.41) is 16.6. The average molecular weight is 601 g/mol. The molecule has 2 N–H and O–H groups in total. The lowest BCUT2D eigenvalue weighted by Gasteiger charge is -2.42. The van der Waals surface area contributed by atoms with Crippen molar-refractivity contribution in [2.75, 3.05) is 0 Å². The molecular formula is C33H30F2N4O3S. The molecule has 2 aliphatic carbocycles. The Kier molecular flexibility index (Phi) is 7.29. The quantitative estimate of drug-likeness (QED) is 0.233. The van der Waals surface area contributed by atoms with E-state index in [-0.39, 0.29) is 28.5 Å². The molecule has 1 heterocycles. The van der Waals surface area contributed by atoms with Crippen LogP contribution in [0.5, 0.6) is 0 Å². The zero-order valence-electron chi connectivity index (χ0n) is 23.5. The van der Waals surface area contributed by atoms with Crippen LogP contribution in [0.1, 0.15) is 48.6 Å². The highest BCUT2D eigenvalue weighted by molar-refractivity contribution is 7.89. The number of aryl methyl sites for hydroxylation is 1. The summed E-state index contributed by atoms with van der Waals surface area (Å²) in [6, 6.07) is 16.7. The number of para-hydroxylation sites is 1. The third-order valence-corrected chi connectivity index (χ3v) is 10.5. The van der Waals surface area contributed by atoms with Crippen LogP contribution in [0.15, 0.2) is 83.4 Å². The number of sulfonamides is 1. The van der Waals surface area contributed by atoms with Gasteiger partial charge in [0.15, 0.2) is 0 Å². The van der Waals surface area contributed by atoms with E-state index in [4.69, 9.17) is 6.57 Å². The first-order valence-electron chi connectivity index (χ1n) is 14.0. The molecule has 7 nitrogen and oxygen atoms in total. The molecule has 0 amide bonds. The Labute approximate surface area is 249 Å². The Morgan fingerprint density at radius 3 is 2.63 bits per heavy atom. The number of hydrogen-bond donors (Lipinski definition) is 2. The second-order valence-corrected chi connectivity index (χ2v) is 13.2. The van der Waals surface area contributed by atoms with Crippen LogP contribution in [0, 0.1) is 23.6 Å². The van der Waals surface area contributed by atoms with Crippen LogP contribution in [-0.2, 0) is 29.4 Å². The summed E-state index contributed by atoms with van der Waals surface area (Å²) >= 11 is 0. The third kappa shape index (κ3) is 5.07. The molecule has 0 unspecified atom stereocenters. The van der Waals surface area contributed by atoms with Crippen molar-refractivity contribution in [3.05, 3.63) is 124 Å². The van der Waals surface area contributed by atoms with Crippen molar-refractivity contribution in [1.29, 1.82) is 0 Å². The minimum atomic E-state index is -4.07. The maximum Gasteiger partial charge on any atom is 0.231 e. The number of hydrogen-bond acceptors (Lipinski definition) is 4. The largest absolute Gasteiger partial charge is 0.389 e. The van der Waals surface area contributed by atoms with E-state index in [1.807, 2.05) is 0 Å². The summed E-state index contributed by atoms with van der Waals surface area (Å²) in [7, 11) is -4.07. The molecule has 220 valence electrons. The molecule has 2 aliphatic rings. The molecule has 43 heavy (non-hydrogen) atoms. The van der Waals surface area contributed by atoms with Crippen LogP contribution in [0.4, 0.5) is 14.5 Å². The van der Waals surface area contributed by atoms with Gasteiger partial charge in [-0.25, -0.2) is 31.4 Å². The zero-order valence-corrected chi connectivity index (χ0v) is 24.3. The molecule has 1 fully saturated rings. The van der Waals surface area contributed by atoms with Crippen LogP contribution in [0.25, 0.3) is 16.6 Å². The molecule has 4 aromatic rings. The molecule has 0 aliphatic heterocycles. The van der Waals surface area contributed by atoms with E-state index in [1.165, 1.54) is 36.4 Å². The Balaban J connectivity index is 1.22. The summed E-state index contributed by atoms with van der Waals surface area (Å²) in [5.74, 6) is -0.861. The summed E-state index contributed by atoms with van der Waals surface area (Å²) in [6.07, 6.45) is 6.36. The number of nitrogens with one attached hydrogen (secondary N) is 1. The van der Waals surface area contributed by atoms with E-state index in [1.54, 1.807) is 41.2 Å². The van der Waals surface area contributed by atoms with Crippen LogP contribution in [-0.4, -0.2) is 28.9 Å². The van der Waals surface area contributed by atoms with Gasteiger partial charge >= 0.3 is 0 Å². The molecule has 3 aromatic carbocycles. The van der Waals surface area contributed by atoms with Gasteiger partial charge < -0.3 is 5.11 Å². The van der Waals surface area contributed by atoms with Crippen LogP contribution < -0.4 is 4.72 Å². The van der Waals surface area contributed by atoms with Crippen molar-refractivity contribution in [2.24, 2.45) is 5.41 Å². The van der Waals surface area contributed by atoms with Gasteiger partial charge in [0.2, 0.25) is 15.7 Å². The number of aliphatic hydroxyl groups is 1. The van der Waals surface area contributed by atoms with Gasteiger partial charge in [-0.1, -0.05) is 48.9 Å². The summed E-state index contributed by atoms with van der Waals surface area (Å²) in [5.41, 5.74) is 2.93. The third-order valence-electron chi connectivity index (χ3n) is 9.09. The fraction of sp³-hybridized carbons (Fsp3) is 0.273. The van der Waals surface area contributed by atoms with Gasteiger partial charge in [0.1, 0.15) is 11.6 Å². The van der Waals surface area contributed by atoms with Crippen LogP contribution in [0.3, 0.4) is 0 Å². The minimum absolute atomic E-state index is 0.0110. The molecule has 6 rings (SSSR count). The van der Waals surface area contributed by atoms with Gasteiger partial charge in [0.05, 0.1) is 34.6 Å². The average Bonchev–Trinajstić information content (AvgIpc) is 3.51. The highest BCUT2D eigenvalue weighted by atomic mass is 32.2. The van der Waals surface area contributed by atoms with Crippen molar-refractivity contribution in [1.82, 2.24) is 14.5 Å². The summed E-state index contributed by atoms with van der Waals surface area (Å²) < 4.78 is 58.8. The van der Waals surface area contributed by atoms with Gasteiger partial charge in [-0.2, -0.15) is 5.10 Å². The molecule has 1 aromatic heterocycles. The summed E-state index contributed by atoms with van der Waals surface area (Å²) in [6.45, 7) is 9.05. The molecule has 0 bridgehead atoms. The predicted molar refractivity (Wildman–Crippen MR) is 159 cm³/mol. The van der Waals surface area contributed by atoms with Gasteiger partial charge in [-0.15, -0.1) is 0 Å². The topological polar surface area (TPSA) is 88.6 Å². The standard InChI is InChI=1S/C33H30F2N4O3S/c1-32-19-23-20-37-39(26-12-10-25(34)11-13-26)30(23)18-24(32)15-17-33(32,40)16-14-22-6-5-7-28(35)27(22)21-38-43(41,42)31-9-4-3-8-29(31)36-2/h3-13,18,20,38,40H,14-17,19,21H2,1H3/t32-,33-/m0/s1. The van der Waals surface area contributed by atoms with Crippen molar-refractivity contribution in [3.63, 3.8) is 0 Å². The maximum atomic E-state index is 15.1. The lowest BCUT2D eigenvalue weighted by molar-refractivity contribution is -0.0462. The zero-order chi connectivity index (χ0) is 30.4. The molecular weight excluding hydrogens is 570 g/mol. The number of halogens is 2. The Hall–Kier alpha value is -4.17. The number of aromatic nitrogens is 2. The van der Waals surface area contributed by atoms with E-state index in [2.05, 4.69) is 27.7 Å². The van der Waals surface area contributed by atoms with Gasteiger partial charge in [0, 0.05) is 17.5 Å². The smallest absolute Gasteiger partial charge is 0.231 e. The molecule has 2 atom stereocenters. The molecule has 0 spiro atoms. The Bertz CT molecular complexity index is 1900. The molecule has 10 heteroatoms. The van der Waals surface area contributed by atoms with E-state index >= 15 is 4.39 Å². The van der Waals surface area contributed by atoms with Crippen LogP contribution >= 0.6 is 0 Å². The normalized spacial score (nSPS) is 21.1. The monoisotopic (exact) mass is 600 g/mol. The van der Waals surface area contributed by atoms with Crippen molar-refractivity contribution in [3.8, 4) is 5.69 Å².